The zero-order valence-electron chi connectivity index (χ0n) is 18.2. The second kappa shape index (κ2) is 10.1. The van der Waals surface area contributed by atoms with E-state index in [0.717, 1.165) is 75.6 Å². The molecule has 1 unspecified atom stereocenters. The van der Waals surface area contributed by atoms with Gasteiger partial charge in [0.2, 0.25) is 0 Å². The third kappa shape index (κ3) is 5.61. The monoisotopic (exact) mass is 405 g/mol. The fraction of sp³-hybridized carbons (Fsp3) is 0.480. The molecule has 0 radical (unpaired) electrons. The summed E-state index contributed by atoms with van der Waals surface area (Å²) in [6.45, 7) is 12.9. The molecule has 0 spiro atoms. The molecule has 30 heavy (non-hydrogen) atoms. The Morgan fingerprint density at radius 2 is 2.03 bits per heavy atom. The van der Waals surface area contributed by atoms with Crippen molar-refractivity contribution >= 4 is 11.4 Å². The molecule has 1 aromatic heterocycles. The van der Waals surface area contributed by atoms with Crippen LogP contribution in [0.15, 0.2) is 49.2 Å². The maximum absolute atomic E-state index is 4.53. The van der Waals surface area contributed by atoms with Gasteiger partial charge in [-0.1, -0.05) is 37.8 Å². The van der Waals surface area contributed by atoms with Crippen molar-refractivity contribution in [3.05, 3.63) is 66.0 Å². The van der Waals surface area contributed by atoms with Crippen LogP contribution in [0.25, 0.3) is 5.70 Å². The van der Waals surface area contributed by atoms with Gasteiger partial charge in [-0.15, -0.1) is 0 Å². The number of rotatable bonds is 8. The number of anilines is 1. The number of nitrogens with zero attached hydrogens (tertiary/aromatic N) is 2. The van der Waals surface area contributed by atoms with Gasteiger partial charge in [-0.25, -0.2) is 0 Å². The van der Waals surface area contributed by atoms with Gasteiger partial charge in [0.15, 0.2) is 0 Å². The molecule has 1 saturated heterocycles. The Hall–Kier alpha value is -2.37. The number of piperidine rings is 1. The van der Waals surface area contributed by atoms with Crippen molar-refractivity contribution in [1.29, 1.82) is 0 Å². The van der Waals surface area contributed by atoms with Gasteiger partial charge in [-0.05, 0) is 61.5 Å². The molecule has 0 saturated carbocycles. The van der Waals surface area contributed by atoms with Crippen molar-refractivity contribution in [2.75, 3.05) is 38.0 Å². The topological polar surface area (TPSA) is 52.2 Å². The van der Waals surface area contributed by atoms with Gasteiger partial charge in [0.25, 0.3) is 0 Å². The summed E-state index contributed by atoms with van der Waals surface area (Å²) in [5.74, 6) is 0.544. The number of hydrogen-bond donors (Lipinski definition) is 3. The predicted molar refractivity (Wildman–Crippen MR) is 125 cm³/mol. The van der Waals surface area contributed by atoms with Crippen LogP contribution in [-0.2, 0) is 13.0 Å². The second-order valence-corrected chi connectivity index (χ2v) is 8.82. The minimum atomic E-state index is 0.539. The van der Waals surface area contributed by atoms with E-state index in [-0.39, 0.29) is 0 Å². The lowest BCUT2D eigenvalue weighted by Gasteiger charge is -2.31. The molecule has 5 heteroatoms. The Kier molecular flexibility index (Phi) is 7.03. The van der Waals surface area contributed by atoms with E-state index in [1.807, 2.05) is 6.20 Å². The van der Waals surface area contributed by atoms with E-state index in [9.17, 15) is 0 Å². The minimum Gasteiger partial charge on any atom is -0.383 e. The molecule has 3 N–H and O–H groups in total. The van der Waals surface area contributed by atoms with Gasteiger partial charge in [-0.3, -0.25) is 9.88 Å². The standard InChI is InChI=1S/C25H35N5/c1-19(17-30-14-10-21-5-3-4-6-22(21)18-30)16-28-20(2)25-15-24(9-13-27-25)29-23-7-11-26-12-8-23/h3-6,9,13,15,19,23,26,28H,2,7-8,10-12,14,16-18H2,1H3,(H,27,29). The van der Waals surface area contributed by atoms with E-state index in [0.29, 0.717) is 12.0 Å². The highest BCUT2D eigenvalue weighted by atomic mass is 15.1. The summed E-state index contributed by atoms with van der Waals surface area (Å²) in [5.41, 5.74) is 5.95. The first-order valence-corrected chi connectivity index (χ1v) is 11.3. The molecule has 0 bridgehead atoms. The summed E-state index contributed by atoms with van der Waals surface area (Å²) in [7, 11) is 0. The molecule has 0 aliphatic carbocycles. The maximum Gasteiger partial charge on any atom is 0.0875 e. The highest BCUT2D eigenvalue weighted by Gasteiger charge is 2.18. The first-order chi connectivity index (χ1) is 14.7. The quantitative estimate of drug-likeness (QED) is 0.628. The van der Waals surface area contributed by atoms with Crippen LogP contribution in [0.3, 0.4) is 0 Å². The fourth-order valence-electron chi connectivity index (χ4n) is 4.49. The van der Waals surface area contributed by atoms with E-state index in [4.69, 9.17) is 0 Å². The van der Waals surface area contributed by atoms with Crippen LogP contribution < -0.4 is 16.0 Å². The number of fused-ring (bicyclic) bond motifs is 1. The summed E-state index contributed by atoms with van der Waals surface area (Å²) in [4.78, 5) is 7.09. The largest absolute Gasteiger partial charge is 0.383 e. The average Bonchev–Trinajstić information content (AvgIpc) is 2.78. The Morgan fingerprint density at radius 1 is 1.23 bits per heavy atom. The molecular weight excluding hydrogens is 370 g/mol. The van der Waals surface area contributed by atoms with Gasteiger partial charge >= 0.3 is 0 Å². The zero-order chi connectivity index (χ0) is 20.8. The van der Waals surface area contributed by atoms with E-state index < -0.39 is 0 Å². The van der Waals surface area contributed by atoms with Crippen molar-refractivity contribution in [1.82, 2.24) is 20.5 Å². The highest BCUT2D eigenvalue weighted by Crippen LogP contribution is 2.20. The number of nitrogens with one attached hydrogen (secondary N) is 3. The third-order valence-electron chi connectivity index (χ3n) is 6.22. The van der Waals surface area contributed by atoms with Crippen LogP contribution in [0.5, 0.6) is 0 Å². The van der Waals surface area contributed by atoms with Crippen molar-refractivity contribution in [2.45, 2.75) is 38.8 Å². The summed E-state index contributed by atoms with van der Waals surface area (Å²) < 4.78 is 0. The minimum absolute atomic E-state index is 0.539. The Balaban J connectivity index is 1.24. The smallest absolute Gasteiger partial charge is 0.0875 e. The normalized spacial score (nSPS) is 18.4. The number of benzene rings is 1. The first kappa shape index (κ1) is 20.9. The summed E-state index contributed by atoms with van der Waals surface area (Å²) in [6.07, 6.45) is 5.36. The van der Waals surface area contributed by atoms with E-state index in [2.05, 4.69) is 75.7 Å². The molecule has 160 valence electrons. The Bertz CT molecular complexity index is 843. The van der Waals surface area contributed by atoms with Gasteiger partial charge in [-0.2, -0.15) is 0 Å². The molecule has 1 fully saturated rings. The van der Waals surface area contributed by atoms with Crippen LogP contribution in [0.4, 0.5) is 5.69 Å². The number of hydrogen-bond acceptors (Lipinski definition) is 5. The Morgan fingerprint density at radius 3 is 2.87 bits per heavy atom. The van der Waals surface area contributed by atoms with Gasteiger partial charge in [0, 0.05) is 44.1 Å². The van der Waals surface area contributed by atoms with Crippen molar-refractivity contribution in [3.8, 4) is 0 Å². The van der Waals surface area contributed by atoms with Crippen LogP contribution >= 0.6 is 0 Å². The maximum atomic E-state index is 4.53. The first-order valence-electron chi connectivity index (χ1n) is 11.3. The lowest BCUT2D eigenvalue weighted by atomic mass is 9.99. The lowest BCUT2D eigenvalue weighted by molar-refractivity contribution is 0.220. The summed E-state index contributed by atoms with van der Waals surface area (Å²) in [6, 6.07) is 13.5. The fourth-order valence-corrected chi connectivity index (χ4v) is 4.49. The summed E-state index contributed by atoms with van der Waals surface area (Å²) in [5, 5.41) is 10.6. The van der Waals surface area contributed by atoms with Crippen LogP contribution in [0.2, 0.25) is 0 Å². The number of aromatic nitrogens is 1. The zero-order valence-corrected chi connectivity index (χ0v) is 18.2. The molecule has 4 rings (SSSR count). The molecule has 2 aromatic rings. The van der Waals surface area contributed by atoms with Crippen LogP contribution in [0, 0.1) is 5.92 Å². The summed E-state index contributed by atoms with van der Waals surface area (Å²) >= 11 is 0. The van der Waals surface area contributed by atoms with E-state index >= 15 is 0 Å². The molecule has 1 atom stereocenters. The predicted octanol–water partition coefficient (Wildman–Crippen LogP) is 3.50. The van der Waals surface area contributed by atoms with Crippen LogP contribution in [-0.4, -0.2) is 48.6 Å². The molecule has 5 nitrogen and oxygen atoms in total. The van der Waals surface area contributed by atoms with Crippen molar-refractivity contribution in [2.24, 2.45) is 5.92 Å². The number of pyridine rings is 1. The molecule has 2 aliphatic rings. The highest BCUT2D eigenvalue weighted by molar-refractivity contribution is 5.62. The average molecular weight is 406 g/mol. The van der Waals surface area contributed by atoms with Gasteiger partial charge in [0.05, 0.1) is 11.4 Å². The lowest BCUT2D eigenvalue weighted by Crippen LogP contribution is -2.36. The molecule has 2 aliphatic heterocycles. The molecular formula is C25H35N5. The molecule has 1 aromatic carbocycles. The van der Waals surface area contributed by atoms with Crippen molar-refractivity contribution < 1.29 is 0 Å². The molecule has 3 heterocycles. The van der Waals surface area contributed by atoms with Gasteiger partial charge in [0.1, 0.15) is 0 Å². The van der Waals surface area contributed by atoms with E-state index in [1.165, 1.54) is 11.1 Å². The van der Waals surface area contributed by atoms with E-state index in [1.54, 1.807) is 0 Å². The Labute approximate surface area is 181 Å². The third-order valence-corrected chi connectivity index (χ3v) is 6.22. The van der Waals surface area contributed by atoms with Gasteiger partial charge < -0.3 is 16.0 Å². The van der Waals surface area contributed by atoms with Crippen molar-refractivity contribution in [3.63, 3.8) is 0 Å². The van der Waals surface area contributed by atoms with Crippen LogP contribution in [0.1, 0.15) is 36.6 Å². The second-order valence-electron chi connectivity index (χ2n) is 8.82. The molecule has 0 amide bonds. The SMILES string of the molecule is C=C(NCC(C)CN1CCc2ccccc2C1)c1cc(NC2CCNCC2)ccn1.